The fourth-order valence-corrected chi connectivity index (χ4v) is 3.99. The molecule has 3 aromatic rings. The van der Waals surface area contributed by atoms with Crippen LogP contribution in [0.4, 0.5) is 5.82 Å². The molecule has 4 rings (SSSR count). The Hall–Kier alpha value is -3.22. The summed E-state index contributed by atoms with van der Waals surface area (Å²) in [5.74, 6) is 0.698. The van der Waals surface area contributed by atoms with Gasteiger partial charge in [0.2, 0.25) is 0 Å². The first-order valence-electron chi connectivity index (χ1n) is 11.2. The maximum absolute atomic E-state index is 13.0. The summed E-state index contributed by atoms with van der Waals surface area (Å²) in [4.78, 5) is 32.6. The van der Waals surface area contributed by atoms with E-state index in [2.05, 4.69) is 27.2 Å². The van der Waals surface area contributed by atoms with Gasteiger partial charge in [-0.2, -0.15) is 5.10 Å². The summed E-state index contributed by atoms with van der Waals surface area (Å²) in [5.41, 5.74) is 1.06. The molecule has 162 valence electrons. The number of nitrogens with one attached hydrogen (secondary N) is 1. The number of amides is 1. The molecule has 0 atom stereocenters. The minimum Gasteiger partial charge on any atom is -0.357 e. The highest BCUT2D eigenvalue weighted by Gasteiger charge is 2.17. The van der Waals surface area contributed by atoms with Crippen molar-refractivity contribution < 1.29 is 4.79 Å². The molecule has 1 fully saturated rings. The lowest BCUT2D eigenvalue weighted by Crippen LogP contribution is -2.30. The van der Waals surface area contributed by atoms with Gasteiger partial charge in [0.05, 0.1) is 5.39 Å². The highest BCUT2D eigenvalue weighted by molar-refractivity contribution is 6.04. The number of aryl methyl sites for hydroxylation is 1. The minimum atomic E-state index is -0.288. The Balaban J connectivity index is 1.51. The Morgan fingerprint density at radius 2 is 1.84 bits per heavy atom. The third kappa shape index (κ3) is 4.76. The normalized spacial score (nSPS) is 13.6. The Bertz CT molecular complexity index is 1100. The highest BCUT2D eigenvalue weighted by atomic mass is 16.2. The molecule has 1 aromatic carbocycles. The van der Waals surface area contributed by atoms with Gasteiger partial charge in [-0.3, -0.25) is 9.59 Å². The summed E-state index contributed by atoms with van der Waals surface area (Å²) < 4.78 is 1.43. The van der Waals surface area contributed by atoms with E-state index in [-0.39, 0.29) is 17.2 Å². The number of nitrogens with zero attached hydrogens (tertiary/aromatic N) is 4. The molecule has 2 aromatic heterocycles. The van der Waals surface area contributed by atoms with Crippen molar-refractivity contribution in [3.8, 4) is 0 Å². The van der Waals surface area contributed by atoms with Crippen molar-refractivity contribution in [1.82, 2.24) is 20.1 Å². The molecule has 0 spiro atoms. The standard InChI is InChI=1S/C24H29N5O2/c1-2-3-6-15-29-24(31)20-10-5-4-9-19(20)22(27-29)23(30)26-17-18-11-12-21(25-16-18)28-13-7-8-14-28/h4-5,9-12,16H,2-3,6-8,13-15,17H2,1H3,(H,26,30). The van der Waals surface area contributed by atoms with E-state index >= 15 is 0 Å². The van der Waals surface area contributed by atoms with E-state index in [1.165, 1.54) is 17.5 Å². The smallest absolute Gasteiger partial charge is 0.274 e. The number of carbonyl (C=O) groups is 1. The van der Waals surface area contributed by atoms with Crippen LogP contribution in [0.5, 0.6) is 0 Å². The van der Waals surface area contributed by atoms with Crippen molar-refractivity contribution in [2.75, 3.05) is 18.0 Å². The SMILES string of the molecule is CCCCCn1nc(C(=O)NCc2ccc(N3CCCC3)nc2)c2ccccc2c1=O. The second-order valence-electron chi connectivity index (χ2n) is 8.03. The molecular weight excluding hydrogens is 390 g/mol. The van der Waals surface area contributed by atoms with Crippen LogP contribution in [0.25, 0.3) is 10.8 Å². The Kier molecular flexibility index (Phi) is 6.60. The van der Waals surface area contributed by atoms with Gasteiger partial charge < -0.3 is 10.2 Å². The lowest BCUT2D eigenvalue weighted by atomic mass is 10.1. The number of aromatic nitrogens is 3. The highest BCUT2D eigenvalue weighted by Crippen LogP contribution is 2.18. The van der Waals surface area contributed by atoms with Gasteiger partial charge in [-0.05, 0) is 37.0 Å². The van der Waals surface area contributed by atoms with E-state index in [0.717, 1.165) is 43.7 Å². The molecule has 31 heavy (non-hydrogen) atoms. The number of rotatable bonds is 8. The number of fused-ring (bicyclic) bond motifs is 1. The van der Waals surface area contributed by atoms with Crippen molar-refractivity contribution in [1.29, 1.82) is 0 Å². The van der Waals surface area contributed by atoms with Crippen LogP contribution >= 0.6 is 0 Å². The number of hydrogen-bond donors (Lipinski definition) is 1. The molecule has 3 heterocycles. The van der Waals surface area contributed by atoms with Crippen LogP contribution in [-0.2, 0) is 13.1 Å². The van der Waals surface area contributed by atoms with Crippen molar-refractivity contribution in [3.05, 3.63) is 64.2 Å². The molecular formula is C24H29N5O2. The maximum Gasteiger partial charge on any atom is 0.274 e. The first kappa shape index (κ1) is 21.0. The molecule has 0 unspecified atom stereocenters. The topological polar surface area (TPSA) is 80.1 Å². The van der Waals surface area contributed by atoms with Crippen molar-refractivity contribution >= 4 is 22.5 Å². The van der Waals surface area contributed by atoms with Crippen LogP contribution in [0.15, 0.2) is 47.4 Å². The Morgan fingerprint density at radius 1 is 1.06 bits per heavy atom. The van der Waals surface area contributed by atoms with Crippen LogP contribution in [0, 0.1) is 0 Å². The van der Waals surface area contributed by atoms with Crippen LogP contribution in [0.2, 0.25) is 0 Å². The lowest BCUT2D eigenvalue weighted by molar-refractivity contribution is 0.0945. The van der Waals surface area contributed by atoms with Gasteiger partial charge in [-0.1, -0.05) is 44.0 Å². The number of anilines is 1. The Morgan fingerprint density at radius 3 is 2.55 bits per heavy atom. The summed E-state index contributed by atoms with van der Waals surface area (Å²) in [6, 6.07) is 11.2. The molecule has 7 heteroatoms. The van der Waals surface area contributed by atoms with Gasteiger partial charge in [0.25, 0.3) is 11.5 Å². The van der Waals surface area contributed by atoms with Gasteiger partial charge in [0.15, 0.2) is 5.69 Å². The summed E-state index contributed by atoms with van der Waals surface area (Å²) in [7, 11) is 0. The molecule has 1 N–H and O–H groups in total. The molecule has 0 aliphatic carbocycles. The van der Waals surface area contributed by atoms with E-state index < -0.39 is 0 Å². The zero-order valence-corrected chi connectivity index (χ0v) is 18.0. The van der Waals surface area contributed by atoms with E-state index in [1.807, 2.05) is 30.5 Å². The summed E-state index contributed by atoms with van der Waals surface area (Å²) in [6.45, 7) is 5.09. The van der Waals surface area contributed by atoms with E-state index in [4.69, 9.17) is 0 Å². The third-order valence-corrected chi connectivity index (χ3v) is 5.75. The monoisotopic (exact) mass is 419 g/mol. The molecule has 0 saturated carbocycles. The van der Waals surface area contributed by atoms with Crippen LogP contribution < -0.4 is 15.8 Å². The molecule has 1 aliphatic rings. The largest absolute Gasteiger partial charge is 0.357 e. The van der Waals surface area contributed by atoms with Gasteiger partial charge in [0, 0.05) is 37.8 Å². The predicted octanol–water partition coefficient (Wildman–Crippen LogP) is 3.51. The molecule has 0 bridgehead atoms. The average Bonchev–Trinajstić information content (AvgIpc) is 3.34. The Labute approximate surface area is 182 Å². The fraction of sp³-hybridized carbons (Fsp3) is 0.417. The second-order valence-corrected chi connectivity index (χ2v) is 8.03. The lowest BCUT2D eigenvalue weighted by Gasteiger charge is -2.16. The van der Waals surface area contributed by atoms with Gasteiger partial charge in [-0.15, -0.1) is 0 Å². The quantitative estimate of drug-likeness (QED) is 0.565. The number of hydrogen-bond acceptors (Lipinski definition) is 5. The minimum absolute atomic E-state index is 0.148. The first-order chi connectivity index (χ1) is 15.2. The van der Waals surface area contributed by atoms with Crippen LogP contribution in [0.1, 0.15) is 55.1 Å². The summed E-state index contributed by atoms with van der Waals surface area (Å²) >= 11 is 0. The number of benzene rings is 1. The van der Waals surface area contributed by atoms with Crippen LogP contribution in [-0.4, -0.2) is 33.8 Å². The average molecular weight is 420 g/mol. The molecule has 1 saturated heterocycles. The molecule has 1 aliphatic heterocycles. The predicted molar refractivity (Wildman–Crippen MR) is 122 cm³/mol. The van der Waals surface area contributed by atoms with Crippen LogP contribution in [0.3, 0.4) is 0 Å². The van der Waals surface area contributed by atoms with Crippen molar-refractivity contribution in [3.63, 3.8) is 0 Å². The van der Waals surface area contributed by atoms with Crippen molar-refractivity contribution in [2.24, 2.45) is 0 Å². The second kappa shape index (κ2) is 9.73. The number of pyridine rings is 1. The van der Waals surface area contributed by atoms with E-state index in [0.29, 0.717) is 23.9 Å². The molecule has 1 amide bonds. The summed E-state index contributed by atoms with van der Waals surface area (Å²) in [5, 5.41) is 8.47. The van der Waals surface area contributed by atoms with E-state index in [1.54, 1.807) is 12.1 Å². The number of unbranched alkanes of at least 4 members (excludes halogenated alkanes) is 2. The van der Waals surface area contributed by atoms with Gasteiger partial charge >= 0.3 is 0 Å². The zero-order chi connectivity index (χ0) is 21.6. The number of carbonyl (C=O) groups excluding carboxylic acids is 1. The summed E-state index contributed by atoms with van der Waals surface area (Å²) in [6.07, 6.45) is 7.16. The van der Waals surface area contributed by atoms with Gasteiger partial charge in [-0.25, -0.2) is 9.67 Å². The maximum atomic E-state index is 13.0. The fourth-order valence-electron chi connectivity index (χ4n) is 3.99. The van der Waals surface area contributed by atoms with Gasteiger partial charge in [0.1, 0.15) is 5.82 Å². The van der Waals surface area contributed by atoms with E-state index in [9.17, 15) is 9.59 Å². The molecule has 7 nitrogen and oxygen atoms in total. The third-order valence-electron chi connectivity index (χ3n) is 5.75. The first-order valence-corrected chi connectivity index (χ1v) is 11.2. The molecule has 0 radical (unpaired) electrons. The zero-order valence-electron chi connectivity index (χ0n) is 18.0. The van der Waals surface area contributed by atoms with Crippen molar-refractivity contribution in [2.45, 2.75) is 52.1 Å².